The molecule has 0 aromatic carbocycles. The van der Waals surface area contributed by atoms with Gasteiger partial charge in [0, 0.05) is 23.5 Å². The molecule has 1 rings (SSSR count). The van der Waals surface area contributed by atoms with Crippen molar-refractivity contribution in [1.82, 2.24) is 4.90 Å². The Morgan fingerprint density at radius 1 is 1.18 bits per heavy atom. The first kappa shape index (κ1) is 18.0. The molecule has 0 saturated carbocycles. The summed E-state index contributed by atoms with van der Waals surface area (Å²) in [6, 6.07) is 2.00. The van der Waals surface area contributed by atoms with Gasteiger partial charge in [0.25, 0.3) is 0 Å². The summed E-state index contributed by atoms with van der Waals surface area (Å²) >= 11 is 0. The fraction of sp³-hybridized carbons (Fsp3) is 0.556. The summed E-state index contributed by atoms with van der Waals surface area (Å²) in [5.74, 6) is -0.541. The lowest BCUT2D eigenvalue weighted by Gasteiger charge is -2.32. The van der Waals surface area contributed by atoms with Gasteiger partial charge in [-0.2, -0.15) is 5.26 Å². The molecule has 22 heavy (non-hydrogen) atoms. The van der Waals surface area contributed by atoms with Crippen LogP contribution in [0.4, 0.5) is 0 Å². The van der Waals surface area contributed by atoms with Gasteiger partial charge in [0.2, 0.25) is 0 Å². The quantitative estimate of drug-likeness (QED) is 0.404. The average molecular weight is 302 g/mol. The van der Waals surface area contributed by atoms with Gasteiger partial charge in [-0.25, -0.2) is 4.79 Å². The van der Waals surface area contributed by atoms with Crippen molar-refractivity contribution < 1.29 is 9.53 Å². The maximum Gasteiger partial charge on any atom is 0.349 e. The SMILES string of the molecule is CCCCN1C(CC)=CC(=C(C#N)C(=O)OCC)C=C1CC. The number of allylic oxidation sites excluding steroid dienone is 5. The molecular weight excluding hydrogens is 276 g/mol. The Labute approximate surface area is 133 Å². The van der Waals surface area contributed by atoms with Crippen molar-refractivity contribution in [3.63, 3.8) is 0 Å². The molecule has 4 heteroatoms. The molecule has 0 aliphatic carbocycles. The van der Waals surface area contributed by atoms with E-state index in [4.69, 9.17) is 4.74 Å². The van der Waals surface area contributed by atoms with Gasteiger partial charge < -0.3 is 9.64 Å². The van der Waals surface area contributed by atoms with Gasteiger partial charge in [-0.1, -0.05) is 27.2 Å². The number of hydrogen-bond donors (Lipinski definition) is 0. The van der Waals surface area contributed by atoms with E-state index >= 15 is 0 Å². The number of hydrogen-bond acceptors (Lipinski definition) is 4. The van der Waals surface area contributed by atoms with E-state index in [1.807, 2.05) is 18.2 Å². The van der Waals surface area contributed by atoms with Crippen LogP contribution in [0.3, 0.4) is 0 Å². The average Bonchev–Trinajstić information content (AvgIpc) is 2.53. The first-order chi connectivity index (χ1) is 10.6. The van der Waals surface area contributed by atoms with E-state index in [2.05, 4.69) is 25.7 Å². The molecule has 1 aliphatic rings. The number of rotatable bonds is 7. The Balaban J connectivity index is 3.25. The van der Waals surface area contributed by atoms with Crippen LogP contribution < -0.4 is 0 Å². The first-order valence-electron chi connectivity index (χ1n) is 8.12. The summed E-state index contributed by atoms with van der Waals surface area (Å²) in [7, 11) is 0. The van der Waals surface area contributed by atoms with E-state index in [9.17, 15) is 10.1 Å². The van der Waals surface area contributed by atoms with Crippen LogP contribution in [0.25, 0.3) is 0 Å². The molecule has 0 aromatic heterocycles. The summed E-state index contributed by atoms with van der Waals surface area (Å²) in [5, 5.41) is 9.32. The van der Waals surface area contributed by atoms with E-state index in [0.29, 0.717) is 5.57 Å². The first-order valence-corrected chi connectivity index (χ1v) is 8.12. The molecule has 0 spiro atoms. The molecule has 0 unspecified atom stereocenters. The van der Waals surface area contributed by atoms with Crippen molar-refractivity contribution in [1.29, 1.82) is 5.26 Å². The number of esters is 1. The van der Waals surface area contributed by atoms with Crippen LogP contribution in [0.1, 0.15) is 53.4 Å². The smallest absolute Gasteiger partial charge is 0.349 e. The number of carbonyl (C=O) groups is 1. The predicted octanol–water partition coefficient (Wildman–Crippen LogP) is 4.07. The summed E-state index contributed by atoms with van der Waals surface area (Å²) in [5.41, 5.74) is 3.07. The van der Waals surface area contributed by atoms with E-state index in [1.165, 1.54) is 0 Å². The minimum Gasteiger partial charge on any atom is -0.462 e. The zero-order valence-corrected chi connectivity index (χ0v) is 14.1. The van der Waals surface area contributed by atoms with Crippen molar-refractivity contribution in [3.8, 4) is 6.07 Å². The van der Waals surface area contributed by atoms with Crippen LogP contribution >= 0.6 is 0 Å². The van der Waals surface area contributed by atoms with Gasteiger partial charge in [0.05, 0.1) is 6.61 Å². The second-order valence-corrected chi connectivity index (χ2v) is 5.15. The normalized spacial score (nSPS) is 14.1. The summed E-state index contributed by atoms with van der Waals surface area (Å²) in [4.78, 5) is 14.3. The van der Waals surface area contributed by atoms with E-state index in [1.54, 1.807) is 6.92 Å². The van der Waals surface area contributed by atoms with Crippen LogP contribution in [0, 0.1) is 11.3 Å². The topological polar surface area (TPSA) is 53.3 Å². The molecule has 0 bridgehead atoms. The number of nitriles is 1. The lowest BCUT2D eigenvalue weighted by Crippen LogP contribution is -2.26. The van der Waals surface area contributed by atoms with E-state index in [-0.39, 0.29) is 12.2 Å². The standard InChI is InChI=1S/C18H26N2O2/c1-5-9-10-20-15(6-2)11-14(12-16(20)7-3)17(13-19)18(21)22-8-4/h11-12H,5-10H2,1-4H3. The highest BCUT2D eigenvalue weighted by atomic mass is 16.5. The lowest BCUT2D eigenvalue weighted by molar-refractivity contribution is -0.138. The van der Waals surface area contributed by atoms with E-state index < -0.39 is 5.97 Å². The van der Waals surface area contributed by atoms with Crippen molar-refractivity contribution >= 4 is 5.97 Å². The van der Waals surface area contributed by atoms with Gasteiger partial charge in [0.1, 0.15) is 11.6 Å². The van der Waals surface area contributed by atoms with Gasteiger partial charge in [-0.05, 0) is 38.3 Å². The Kier molecular flexibility index (Phi) is 7.45. The highest BCUT2D eigenvalue weighted by Gasteiger charge is 2.21. The molecule has 0 saturated heterocycles. The molecule has 1 aliphatic heterocycles. The Hall–Kier alpha value is -2.02. The van der Waals surface area contributed by atoms with Crippen molar-refractivity contribution in [2.24, 2.45) is 0 Å². The highest BCUT2D eigenvalue weighted by Crippen LogP contribution is 2.29. The number of ether oxygens (including phenoxy) is 1. The second kappa shape index (κ2) is 9.09. The van der Waals surface area contributed by atoms with Crippen LogP contribution in [-0.2, 0) is 9.53 Å². The lowest BCUT2D eigenvalue weighted by atomic mass is 9.99. The Morgan fingerprint density at radius 3 is 2.18 bits per heavy atom. The van der Waals surface area contributed by atoms with Gasteiger partial charge in [-0.15, -0.1) is 0 Å². The van der Waals surface area contributed by atoms with Crippen LogP contribution in [0.5, 0.6) is 0 Å². The molecule has 4 nitrogen and oxygen atoms in total. The monoisotopic (exact) mass is 302 g/mol. The third-order valence-corrected chi connectivity index (χ3v) is 3.68. The highest BCUT2D eigenvalue weighted by molar-refractivity contribution is 5.95. The zero-order valence-electron chi connectivity index (χ0n) is 14.1. The summed E-state index contributed by atoms with van der Waals surface area (Å²) < 4.78 is 4.99. The maximum atomic E-state index is 11.9. The fourth-order valence-electron chi connectivity index (χ4n) is 2.51. The molecule has 0 amide bonds. The molecule has 1 heterocycles. The summed E-state index contributed by atoms with van der Waals surface area (Å²) in [6.07, 6.45) is 7.89. The Bertz CT molecular complexity index is 512. The molecule has 0 fully saturated rings. The Morgan fingerprint density at radius 2 is 1.77 bits per heavy atom. The van der Waals surface area contributed by atoms with Gasteiger partial charge in [0.15, 0.2) is 0 Å². The minimum atomic E-state index is -0.541. The van der Waals surface area contributed by atoms with Crippen LogP contribution in [0.2, 0.25) is 0 Å². The molecule has 0 aromatic rings. The third kappa shape index (κ3) is 4.24. The molecule has 0 N–H and O–H groups in total. The van der Waals surface area contributed by atoms with Gasteiger partial charge in [-0.3, -0.25) is 0 Å². The molecule has 0 radical (unpaired) electrons. The largest absolute Gasteiger partial charge is 0.462 e. The maximum absolute atomic E-state index is 11.9. The van der Waals surface area contributed by atoms with Crippen molar-refractivity contribution in [3.05, 3.63) is 34.7 Å². The second-order valence-electron chi connectivity index (χ2n) is 5.15. The van der Waals surface area contributed by atoms with Crippen LogP contribution in [-0.4, -0.2) is 24.0 Å². The number of nitrogens with zero attached hydrogens (tertiary/aromatic N) is 2. The number of unbranched alkanes of at least 4 members (excludes halogenated alkanes) is 1. The molecule has 0 atom stereocenters. The summed E-state index contributed by atoms with van der Waals surface area (Å²) in [6.45, 7) is 9.36. The van der Waals surface area contributed by atoms with Crippen molar-refractivity contribution in [2.45, 2.75) is 53.4 Å². The fourth-order valence-corrected chi connectivity index (χ4v) is 2.51. The van der Waals surface area contributed by atoms with Gasteiger partial charge >= 0.3 is 5.97 Å². The number of carbonyl (C=O) groups excluding carboxylic acids is 1. The minimum absolute atomic E-state index is 0.0916. The van der Waals surface area contributed by atoms with E-state index in [0.717, 1.165) is 43.6 Å². The predicted molar refractivity (Wildman–Crippen MR) is 87.6 cm³/mol. The third-order valence-electron chi connectivity index (χ3n) is 3.68. The van der Waals surface area contributed by atoms with Crippen molar-refractivity contribution in [2.75, 3.05) is 13.2 Å². The zero-order chi connectivity index (χ0) is 16.5. The van der Waals surface area contributed by atoms with Crippen LogP contribution in [0.15, 0.2) is 34.7 Å². The molecule has 120 valence electrons. The molecular formula is C18H26N2O2.